The molecule has 0 heterocycles. The Kier molecular flexibility index (Phi) is 7.67. The molecule has 0 aliphatic heterocycles. The highest BCUT2D eigenvalue weighted by Crippen LogP contribution is 2.59. The van der Waals surface area contributed by atoms with Gasteiger partial charge in [0.1, 0.15) is 0 Å². The Morgan fingerprint density at radius 3 is 2.41 bits per heavy atom. The summed E-state index contributed by atoms with van der Waals surface area (Å²) in [5.41, 5.74) is 3.21. The maximum absolute atomic E-state index is 10.2. The van der Waals surface area contributed by atoms with E-state index in [-0.39, 0.29) is 12.0 Å². The third-order valence-electron chi connectivity index (χ3n) is 8.70. The third kappa shape index (κ3) is 5.17. The van der Waals surface area contributed by atoms with Gasteiger partial charge in [-0.1, -0.05) is 56.9 Å². The van der Waals surface area contributed by atoms with Crippen molar-refractivity contribution in [3.05, 3.63) is 23.3 Å². The molecule has 0 amide bonds. The van der Waals surface area contributed by atoms with Crippen molar-refractivity contribution in [2.24, 2.45) is 29.1 Å². The van der Waals surface area contributed by atoms with Gasteiger partial charge >= 0.3 is 0 Å². The standard InChI is InChI=1S/C26H44O3/c1-17(7-5-8-18(2)27)22-12-13-23-21(9-6-14-26(22,23)4)11-10-20-15-24(28)19(3)25(29)16-20/h10-11,17-19,22-25,27-29H,5-9,12-16H2,1-4H3/b20-10?,21-11+/t17-,18-,19?,22-,23+,24-,25-,26-/m1/s1. The highest BCUT2D eigenvalue weighted by molar-refractivity contribution is 5.26. The van der Waals surface area contributed by atoms with Gasteiger partial charge < -0.3 is 15.3 Å². The molecule has 3 nitrogen and oxygen atoms in total. The highest BCUT2D eigenvalue weighted by Gasteiger charge is 2.50. The second-order valence-electron chi connectivity index (χ2n) is 10.8. The second kappa shape index (κ2) is 9.66. The average molecular weight is 405 g/mol. The van der Waals surface area contributed by atoms with E-state index in [1.807, 2.05) is 13.8 Å². The van der Waals surface area contributed by atoms with Gasteiger partial charge in [-0.3, -0.25) is 0 Å². The third-order valence-corrected chi connectivity index (χ3v) is 8.70. The van der Waals surface area contributed by atoms with Gasteiger partial charge in [-0.25, -0.2) is 0 Å². The molecule has 29 heavy (non-hydrogen) atoms. The monoisotopic (exact) mass is 404 g/mol. The summed E-state index contributed by atoms with van der Waals surface area (Å²) in [4.78, 5) is 0. The number of aliphatic hydroxyl groups is 3. The van der Waals surface area contributed by atoms with Gasteiger partial charge in [-0.05, 0) is 81.5 Å². The van der Waals surface area contributed by atoms with Crippen molar-refractivity contribution in [3.8, 4) is 0 Å². The van der Waals surface area contributed by atoms with Crippen molar-refractivity contribution in [1.82, 2.24) is 0 Å². The Bertz CT molecular complexity index is 593. The summed E-state index contributed by atoms with van der Waals surface area (Å²) in [6, 6.07) is 0. The summed E-state index contributed by atoms with van der Waals surface area (Å²) in [6.07, 6.45) is 14.7. The van der Waals surface area contributed by atoms with Crippen molar-refractivity contribution in [2.75, 3.05) is 0 Å². The molecule has 3 rings (SSSR count). The molecule has 3 fully saturated rings. The van der Waals surface area contributed by atoms with Crippen LogP contribution in [0, 0.1) is 29.1 Å². The summed E-state index contributed by atoms with van der Waals surface area (Å²) < 4.78 is 0. The first kappa shape index (κ1) is 23.0. The number of hydrogen-bond donors (Lipinski definition) is 3. The molecule has 0 unspecified atom stereocenters. The SMILES string of the molecule is CC1[C@H](O)CC(=C/C=C2\CCC[C@]3(C)[C@@H]([C@H](C)CCC[C@@H](C)O)CC[C@@H]23)C[C@H]1O. The zero-order valence-corrected chi connectivity index (χ0v) is 19.1. The first-order valence-electron chi connectivity index (χ1n) is 12.1. The van der Waals surface area contributed by atoms with Gasteiger partial charge in [-0.15, -0.1) is 0 Å². The molecule has 3 N–H and O–H groups in total. The van der Waals surface area contributed by atoms with Crippen LogP contribution < -0.4 is 0 Å². The Balaban J connectivity index is 1.68. The van der Waals surface area contributed by atoms with E-state index in [9.17, 15) is 15.3 Å². The molecule has 3 aliphatic carbocycles. The maximum Gasteiger partial charge on any atom is 0.0627 e. The van der Waals surface area contributed by atoms with Crippen LogP contribution in [0.15, 0.2) is 23.3 Å². The lowest BCUT2D eigenvalue weighted by Gasteiger charge is -2.44. The van der Waals surface area contributed by atoms with E-state index >= 15 is 0 Å². The van der Waals surface area contributed by atoms with Crippen molar-refractivity contribution < 1.29 is 15.3 Å². The fourth-order valence-electron chi connectivity index (χ4n) is 6.76. The van der Waals surface area contributed by atoms with E-state index in [0.717, 1.165) is 24.7 Å². The minimum Gasteiger partial charge on any atom is -0.393 e. The molecule has 0 saturated heterocycles. The normalized spacial score (nSPS) is 41.3. The van der Waals surface area contributed by atoms with E-state index in [1.54, 1.807) is 5.57 Å². The van der Waals surface area contributed by atoms with Crippen LogP contribution in [0.4, 0.5) is 0 Å². The lowest BCUT2D eigenvalue weighted by atomic mass is 9.60. The smallest absolute Gasteiger partial charge is 0.0627 e. The van der Waals surface area contributed by atoms with Crippen LogP contribution in [0.1, 0.15) is 91.9 Å². The number of fused-ring (bicyclic) bond motifs is 1. The lowest BCUT2D eigenvalue weighted by Crippen LogP contribution is -2.36. The molecule has 0 aromatic carbocycles. The molecule has 7 atom stereocenters. The average Bonchev–Trinajstić information content (AvgIpc) is 3.01. The minimum atomic E-state index is -0.418. The van der Waals surface area contributed by atoms with Crippen LogP contribution in [0.5, 0.6) is 0 Å². The van der Waals surface area contributed by atoms with Gasteiger partial charge in [0.2, 0.25) is 0 Å². The van der Waals surface area contributed by atoms with Crippen LogP contribution in [0.3, 0.4) is 0 Å². The Morgan fingerprint density at radius 1 is 1.07 bits per heavy atom. The minimum absolute atomic E-state index is 0.0244. The molecule has 0 aromatic heterocycles. The molecule has 0 spiro atoms. The summed E-state index contributed by atoms with van der Waals surface area (Å²) >= 11 is 0. The molecule has 3 saturated carbocycles. The first-order chi connectivity index (χ1) is 13.7. The van der Waals surface area contributed by atoms with E-state index in [0.29, 0.717) is 24.2 Å². The zero-order valence-electron chi connectivity index (χ0n) is 19.1. The van der Waals surface area contributed by atoms with E-state index in [1.165, 1.54) is 44.1 Å². The van der Waals surface area contributed by atoms with Gasteiger partial charge in [-0.2, -0.15) is 0 Å². The quantitative estimate of drug-likeness (QED) is 0.556. The predicted molar refractivity (Wildman–Crippen MR) is 119 cm³/mol. The van der Waals surface area contributed by atoms with Crippen LogP contribution >= 0.6 is 0 Å². The van der Waals surface area contributed by atoms with Gasteiger partial charge in [0, 0.05) is 5.92 Å². The van der Waals surface area contributed by atoms with E-state index in [4.69, 9.17) is 0 Å². The summed E-state index contributed by atoms with van der Waals surface area (Å²) in [6.45, 7) is 8.82. The highest BCUT2D eigenvalue weighted by atomic mass is 16.3. The second-order valence-corrected chi connectivity index (χ2v) is 10.8. The number of hydrogen-bond acceptors (Lipinski definition) is 3. The van der Waals surface area contributed by atoms with Crippen LogP contribution in [-0.2, 0) is 0 Å². The molecule has 0 radical (unpaired) electrons. The van der Waals surface area contributed by atoms with Gasteiger partial charge in [0.25, 0.3) is 0 Å². The molecular formula is C26H44O3. The molecule has 0 bridgehead atoms. The number of aliphatic hydroxyl groups excluding tert-OH is 3. The number of rotatable bonds is 6. The summed E-state index contributed by atoms with van der Waals surface area (Å²) in [7, 11) is 0. The van der Waals surface area contributed by atoms with Crippen molar-refractivity contribution in [1.29, 1.82) is 0 Å². The van der Waals surface area contributed by atoms with Crippen LogP contribution in [-0.4, -0.2) is 33.6 Å². The van der Waals surface area contributed by atoms with Crippen molar-refractivity contribution in [3.63, 3.8) is 0 Å². The molecule has 3 heteroatoms. The van der Waals surface area contributed by atoms with E-state index < -0.39 is 12.2 Å². The van der Waals surface area contributed by atoms with Crippen LogP contribution in [0.25, 0.3) is 0 Å². The lowest BCUT2D eigenvalue weighted by molar-refractivity contribution is 0.00406. The van der Waals surface area contributed by atoms with Gasteiger partial charge in [0.05, 0.1) is 18.3 Å². The number of allylic oxidation sites excluding steroid dienone is 3. The Hall–Kier alpha value is -0.640. The largest absolute Gasteiger partial charge is 0.393 e. The van der Waals surface area contributed by atoms with Crippen molar-refractivity contribution in [2.45, 2.75) is 110 Å². The summed E-state index contributed by atoms with van der Waals surface area (Å²) in [5.74, 6) is 2.18. The van der Waals surface area contributed by atoms with Gasteiger partial charge in [0.15, 0.2) is 0 Å². The van der Waals surface area contributed by atoms with Crippen LogP contribution in [0.2, 0.25) is 0 Å². The molecule has 3 aliphatic rings. The Morgan fingerprint density at radius 2 is 1.76 bits per heavy atom. The molecule has 166 valence electrons. The topological polar surface area (TPSA) is 60.7 Å². The molecular weight excluding hydrogens is 360 g/mol. The fraction of sp³-hybridized carbons (Fsp3) is 0.846. The first-order valence-corrected chi connectivity index (χ1v) is 12.1. The molecule has 0 aromatic rings. The Labute approximate surface area is 178 Å². The maximum atomic E-state index is 10.2. The summed E-state index contributed by atoms with van der Waals surface area (Å²) in [5, 5.41) is 30.0. The zero-order chi connectivity index (χ0) is 21.2. The van der Waals surface area contributed by atoms with E-state index in [2.05, 4.69) is 26.0 Å². The predicted octanol–water partition coefficient (Wildman–Crippen LogP) is 5.39. The van der Waals surface area contributed by atoms with Crippen molar-refractivity contribution >= 4 is 0 Å². The fourth-order valence-corrected chi connectivity index (χ4v) is 6.76.